The summed E-state index contributed by atoms with van der Waals surface area (Å²) in [6.45, 7) is 10.5. The van der Waals surface area contributed by atoms with E-state index >= 15 is 0 Å². The van der Waals surface area contributed by atoms with Gasteiger partial charge in [-0.3, -0.25) is 14.7 Å². The quantitative estimate of drug-likeness (QED) is 0.161. The summed E-state index contributed by atoms with van der Waals surface area (Å²) in [6, 6.07) is 5.91. The molecular weight excluding hydrogens is 475 g/mol. The lowest BCUT2D eigenvalue weighted by atomic mass is 9.86. The molecule has 3 rings (SSSR count). The third kappa shape index (κ3) is 6.19. The zero-order chi connectivity index (χ0) is 25.8. The van der Waals surface area contributed by atoms with E-state index in [1.54, 1.807) is 19.9 Å². The summed E-state index contributed by atoms with van der Waals surface area (Å²) in [5, 5.41) is 14.8. The molecule has 2 aliphatic rings. The van der Waals surface area contributed by atoms with Crippen LogP contribution in [0.4, 0.5) is 5.69 Å². The molecule has 11 heteroatoms. The van der Waals surface area contributed by atoms with E-state index in [1.807, 2.05) is 20.8 Å². The lowest BCUT2D eigenvalue weighted by Crippen LogP contribution is -2.34. The first-order valence-corrected chi connectivity index (χ1v) is 13.1. The number of carbonyl (C=O) groups excluding carboxylic acids is 1. The van der Waals surface area contributed by atoms with E-state index < -0.39 is 24.4 Å². The predicted molar refractivity (Wildman–Crippen MR) is 130 cm³/mol. The lowest BCUT2D eigenvalue weighted by molar-refractivity contribution is -0.384. The largest absolute Gasteiger partial charge is 0.460 e. The molecule has 0 amide bonds. The number of nitro benzene ring substituents is 1. The van der Waals surface area contributed by atoms with Crippen molar-refractivity contribution in [3.8, 4) is 0 Å². The van der Waals surface area contributed by atoms with E-state index in [1.165, 1.54) is 18.2 Å². The van der Waals surface area contributed by atoms with Crippen molar-refractivity contribution in [2.45, 2.75) is 47.0 Å². The average Bonchev–Trinajstić information content (AvgIpc) is 2.80. The number of benzene rings is 1. The van der Waals surface area contributed by atoms with Crippen molar-refractivity contribution in [3.63, 3.8) is 0 Å². The summed E-state index contributed by atoms with van der Waals surface area (Å²) < 4.78 is 36.5. The van der Waals surface area contributed by atoms with Gasteiger partial charge in [0.15, 0.2) is 0 Å². The van der Waals surface area contributed by atoms with Gasteiger partial charge in [0.1, 0.15) is 6.61 Å². The topological polar surface area (TPSA) is 126 Å². The minimum Gasteiger partial charge on any atom is -0.460 e. The van der Waals surface area contributed by atoms with Crippen molar-refractivity contribution in [2.75, 3.05) is 33.0 Å². The van der Waals surface area contributed by atoms with Gasteiger partial charge >= 0.3 is 13.6 Å². The van der Waals surface area contributed by atoms with E-state index in [9.17, 15) is 19.5 Å². The maximum Gasteiger partial charge on any atom is 0.360 e. The Labute approximate surface area is 205 Å². The molecule has 1 aromatic carbocycles. The number of hydrogen-bond donors (Lipinski definition) is 1. The molecule has 35 heavy (non-hydrogen) atoms. The molecule has 10 nitrogen and oxygen atoms in total. The van der Waals surface area contributed by atoms with Gasteiger partial charge in [-0.05, 0) is 25.8 Å². The van der Waals surface area contributed by atoms with Crippen LogP contribution >= 0.6 is 7.60 Å². The number of hydrogen-bond acceptors (Lipinski definition) is 9. The second-order valence-corrected chi connectivity index (χ2v) is 11.4. The van der Waals surface area contributed by atoms with Crippen LogP contribution in [-0.2, 0) is 27.9 Å². The van der Waals surface area contributed by atoms with Crippen LogP contribution in [0.5, 0.6) is 0 Å². The first-order valence-electron chi connectivity index (χ1n) is 11.6. The van der Waals surface area contributed by atoms with Gasteiger partial charge in [0.2, 0.25) is 0 Å². The number of nitrogens with zero attached hydrogens (tertiary/aromatic N) is 1. The summed E-state index contributed by atoms with van der Waals surface area (Å²) in [5.74, 6) is -1.56. The number of nitro groups is 1. The summed E-state index contributed by atoms with van der Waals surface area (Å²) in [4.78, 5) is 24.3. The Morgan fingerprint density at radius 1 is 1.20 bits per heavy atom. The van der Waals surface area contributed by atoms with Crippen LogP contribution in [0.25, 0.3) is 0 Å². The number of allylic oxidation sites excluding steroid dienone is 3. The van der Waals surface area contributed by atoms with Crippen LogP contribution in [0, 0.1) is 15.5 Å². The summed E-state index contributed by atoms with van der Waals surface area (Å²) >= 11 is 0. The van der Waals surface area contributed by atoms with E-state index in [4.69, 9.17) is 18.5 Å². The highest BCUT2D eigenvalue weighted by molar-refractivity contribution is 7.58. The Hall–Kier alpha value is -2.52. The molecule has 1 atom stereocenters. The molecule has 0 spiro atoms. The molecule has 0 saturated carbocycles. The molecule has 1 unspecified atom stereocenters. The minimum absolute atomic E-state index is 0.0359. The van der Waals surface area contributed by atoms with Crippen LogP contribution in [-0.4, -0.2) is 43.9 Å². The lowest BCUT2D eigenvalue weighted by Gasteiger charge is -2.39. The van der Waals surface area contributed by atoms with Gasteiger partial charge in [0.25, 0.3) is 5.69 Å². The fourth-order valence-electron chi connectivity index (χ4n) is 4.01. The zero-order valence-corrected chi connectivity index (χ0v) is 21.7. The van der Waals surface area contributed by atoms with Crippen LogP contribution in [0.2, 0.25) is 0 Å². The Morgan fingerprint density at radius 3 is 2.51 bits per heavy atom. The van der Waals surface area contributed by atoms with Crippen molar-refractivity contribution in [2.24, 2.45) is 5.41 Å². The van der Waals surface area contributed by atoms with Crippen LogP contribution < -0.4 is 5.32 Å². The molecule has 192 valence electrons. The number of carbonyl (C=O) groups is 1. The third-order valence-electron chi connectivity index (χ3n) is 5.71. The third-order valence-corrected chi connectivity index (χ3v) is 7.84. The summed E-state index contributed by atoms with van der Waals surface area (Å²) in [7, 11) is -3.85. The number of non-ortho nitro benzene ring substituents is 1. The van der Waals surface area contributed by atoms with Gasteiger partial charge in [0.05, 0.1) is 41.5 Å². The van der Waals surface area contributed by atoms with Crippen molar-refractivity contribution < 1.29 is 32.8 Å². The Kier molecular flexibility index (Phi) is 8.54. The van der Waals surface area contributed by atoms with Gasteiger partial charge in [-0.2, -0.15) is 0 Å². The molecule has 2 heterocycles. The minimum atomic E-state index is -3.85. The van der Waals surface area contributed by atoms with Gasteiger partial charge in [-0.25, -0.2) is 4.79 Å². The van der Waals surface area contributed by atoms with Crippen molar-refractivity contribution in [1.82, 2.24) is 5.32 Å². The first kappa shape index (κ1) is 27.1. The van der Waals surface area contributed by atoms with Crippen molar-refractivity contribution >= 4 is 19.3 Å². The number of rotatable bonds is 9. The molecular formula is C24H33N2O8P. The average molecular weight is 509 g/mol. The van der Waals surface area contributed by atoms with E-state index in [2.05, 4.69) is 5.32 Å². The van der Waals surface area contributed by atoms with Gasteiger partial charge in [0, 0.05) is 35.5 Å². The number of nitrogens with one attached hydrogen (secondary N) is 1. The Bertz CT molecular complexity index is 1080. The molecule has 1 aromatic rings. The van der Waals surface area contributed by atoms with Crippen molar-refractivity contribution in [3.05, 3.63) is 62.2 Å². The smallest absolute Gasteiger partial charge is 0.360 e. The molecule has 0 radical (unpaired) electrons. The summed E-state index contributed by atoms with van der Waals surface area (Å²) in [5.41, 5.74) is 1.11. The first-order chi connectivity index (χ1) is 16.5. The SMILES string of the molecule is CCCOCCOC(=O)C1=C(C)NC(C)=C(P2(=O)OCC(C)(C)CO2)C1c1cccc([N+](=O)[O-])c1. The molecule has 0 bridgehead atoms. The van der Waals surface area contributed by atoms with E-state index in [0.717, 1.165) is 6.42 Å². The fourth-order valence-corrected chi connectivity index (χ4v) is 6.47. The number of esters is 1. The van der Waals surface area contributed by atoms with E-state index in [-0.39, 0.29) is 48.4 Å². The molecule has 1 N–H and O–H groups in total. The summed E-state index contributed by atoms with van der Waals surface area (Å²) in [6.07, 6.45) is 0.844. The maximum absolute atomic E-state index is 14.0. The van der Waals surface area contributed by atoms with Gasteiger partial charge < -0.3 is 23.8 Å². The van der Waals surface area contributed by atoms with E-state index in [0.29, 0.717) is 23.6 Å². The Morgan fingerprint density at radius 2 is 1.89 bits per heavy atom. The second-order valence-electron chi connectivity index (χ2n) is 9.42. The highest BCUT2D eigenvalue weighted by atomic mass is 31.2. The molecule has 0 aliphatic carbocycles. The van der Waals surface area contributed by atoms with Crippen LogP contribution in [0.15, 0.2) is 46.5 Å². The second kappa shape index (κ2) is 11.0. The maximum atomic E-state index is 14.0. The normalized spacial score (nSPS) is 21.5. The molecule has 0 aromatic heterocycles. The predicted octanol–water partition coefficient (Wildman–Crippen LogP) is 5.02. The van der Waals surface area contributed by atoms with Gasteiger partial charge in [-0.1, -0.05) is 32.9 Å². The Balaban J connectivity index is 2.05. The zero-order valence-electron chi connectivity index (χ0n) is 20.8. The van der Waals surface area contributed by atoms with Crippen LogP contribution in [0.3, 0.4) is 0 Å². The van der Waals surface area contributed by atoms with Crippen molar-refractivity contribution in [1.29, 1.82) is 0 Å². The fraction of sp³-hybridized carbons (Fsp3) is 0.542. The van der Waals surface area contributed by atoms with Gasteiger partial charge in [-0.15, -0.1) is 0 Å². The molecule has 1 saturated heterocycles. The van der Waals surface area contributed by atoms with Crippen LogP contribution in [0.1, 0.15) is 52.5 Å². The molecule has 2 aliphatic heterocycles. The standard InChI is InChI=1S/C24H33N2O8P/c1-6-10-31-11-12-32-23(27)20-16(2)25-17(3)22(35(30)33-14-24(4,5)15-34-35)21(20)18-8-7-9-19(13-18)26(28)29/h7-9,13,21,25H,6,10-12,14-15H2,1-5H3. The highest BCUT2D eigenvalue weighted by Crippen LogP contribution is 2.66. The number of dihydropyridines is 1. The monoisotopic (exact) mass is 508 g/mol. The highest BCUT2D eigenvalue weighted by Gasteiger charge is 2.48. The molecule has 1 fully saturated rings. The number of ether oxygens (including phenoxy) is 2.